The van der Waals surface area contributed by atoms with E-state index in [0.29, 0.717) is 31.1 Å². The van der Waals surface area contributed by atoms with Crippen molar-refractivity contribution in [2.75, 3.05) is 13.7 Å². The molecule has 0 spiro atoms. The van der Waals surface area contributed by atoms with E-state index in [-0.39, 0.29) is 5.97 Å². The van der Waals surface area contributed by atoms with Crippen LogP contribution in [0.2, 0.25) is 0 Å². The van der Waals surface area contributed by atoms with Crippen LogP contribution in [0.15, 0.2) is 18.2 Å². The number of methoxy groups -OCH3 is 1. The molecule has 1 atom stereocenters. The van der Waals surface area contributed by atoms with Crippen LogP contribution < -0.4 is 15.2 Å². The zero-order valence-corrected chi connectivity index (χ0v) is 12.3. The third kappa shape index (κ3) is 4.42. The number of hydrogen-bond donors (Lipinski definition) is 1. The van der Waals surface area contributed by atoms with Crippen LogP contribution in [-0.2, 0) is 16.1 Å². The van der Waals surface area contributed by atoms with Crippen molar-refractivity contribution >= 4 is 5.97 Å². The summed E-state index contributed by atoms with van der Waals surface area (Å²) in [6.45, 7) is 4.53. The van der Waals surface area contributed by atoms with Crippen molar-refractivity contribution in [3.8, 4) is 11.5 Å². The zero-order valence-electron chi connectivity index (χ0n) is 12.3. The minimum Gasteiger partial charge on any atom is -0.493 e. The summed E-state index contributed by atoms with van der Waals surface area (Å²) in [6.07, 6.45) is 0.811. The SMILES string of the molecule is CCCC(Oc1ccc(CN)cc1OC)C(=O)OCC. The molecule has 0 heterocycles. The minimum absolute atomic E-state index is 0.339. The van der Waals surface area contributed by atoms with E-state index >= 15 is 0 Å². The minimum atomic E-state index is -0.613. The van der Waals surface area contributed by atoms with Gasteiger partial charge in [0, 0.05) is 6.54 Å². The maximum atomic E-state index is 11.9. The molecule has 0 saturated heterocycles. The highest BCUT2D eigenvalue weighted by Gasteiger charge is 2.22. The Morgan fingerprint density at radius 1 is 1.30 bits per heavy atom. The van der Waals surface area contributed by atoms with Crippen LogP contribution in [0.25, 0.3) is 0 Å². The lowest BCUT2D eigenvalue weighted by Gasteiger charge is -2.19. The van der Waals surface area contributed by atoms with Crippen molar-refractivity contribution in [3.05, 3.63) is 23.8 Å². The van der Waals surface area contributed by atoms with Gasteiger partial charge in [-0.15, -0.1) is 0 Å². The number of esters is 1. The molecule has 5 heteroatoms. The average Bonchev–Trinajstić information content (AvgIpc) is 2.47. The van der Waals surface area contributed by atoms with Gasteiger partial charge in [0.25, 0.3) is 0 Å². The molecule has 5 nitrogen and oxygen atoms in total. The normalized spacial score (nSPS) is 11.8. The van der Waals surface area contributed by atoms with Crippen LogP contribution >= 0.6 is 0 Å². The third-order valence-corrected chi connectivity index (χ3v) is 2.83. The van der Waals surface area contributed by atoms with Gasteiger partial charge in [0.15, 0.2) is 17.6 Å². The summed E-state index contributed by atoms with van der Waals surface area (Å²) in [4.78, 5) is 11.9. The average molecular weight is 281 g/mol. The van der Waals surface area contributed by atoms with E-state index in [0.717, 1.165) is 12.0 Å². The summed E-state index contributed by atoms with van der Waals surface area (Å²) < 4.78 is 16.0. The number of carbonyl (C=O) groups excluding carboxylic acids is 1. The summed E-state index contributed by atoms with van der Waals surface area (Å²) in [7, 11) is 1.56. The summed E-state index contributed by atoms with van der Waals surface area (Å²) in [6, 6.07) is 5.43. The second-order valence-corrected chi connectivity index (χ2v) is 4.34. The number of rotatable bonds is 8. The fourth-order valence-corrected chi connectivity index (χ4v) is 1.81. The molecule has 0 fully saturated rings. The molecule has 112 valence electrons. The predicted octanol–water partition coefficient (Wildman–Crippen LogP) is 2.26. The van der Waals surface area contributed by atoms with E-state index in [4.69, 9.17) is 19.9 Å². The molecule has 0 bridgehead atoms. The maximum Gasteiger partial charge on any atom is 0.347 e. The van der Waals surface area contributed by atoms with Gasteiger partial charge in [0.1, 0.15) is 0 Å². The van der Waals surface area contributed by atoms with E-state index in [2.05, 4.69) is 0 Å². The van der Waals surface area contributed by atoms with E-state index in [9.17, 15) is 4.79 Å². The molecule has 0 aliphatic rings. The molecule has 0 aliphatic heterocycles. The molecule has 0 aliphatic carbocycles. The lowest BCUT2D eigenvalue weighted by molar-refractivity contribution is -0.151. The second kappa shape index (κ2) is 8.43. The molecule has 1 rings (SSSR count). The standard InChI is InChI=1S/C15H23NO4/c1-4-6-13(15(17)19-5-2)20-12-8-7-11(10-16)9-14(12)18-3/h7-9,13H,4-6,10,16H2,1-3H3. The second-order valence-electron chi connectivity index (χ2n) is 4.34. The first-order valence-corrected chi connectivity index (χ1v) is 6.86. The fraction of sp³-hybridized carbons (Fsp3) is 0.533. The number of ether oxygens (including phenoxy) is 3. The van der Waals surface area contributed by atoms with Crippen LogP contribution in [0.4, 0.5) is 0 Å². The van der Waals surface area contributed by atoms with Crippen LogP contribution in [0, 0.1) is 0 Å². The summed E-state index contributed by atoms with van der Waals surface area (Å²) in [5.74, 6) is 0.744. The number of nitrogens with two attached hydrogens (primary N) is 1. The molecule has 20 heavy (non-hydrogen) atoms. The molecule has 0 amide bonds. The van der Waals surface area contributed by atoms with Crippen molar-refractivity contribution < 1.29 is 19.0 Å². The highest BCUT2D eigenvalue weighted by Crippen LogP contribution is 2.29. The molecule has 1 unspecified atom stereocenters. The van der Waals surface area contributed by atoms with Gasteiger partial charge < -0.3 is 19.9 Å². The predicted molar refractivity (Wildman–Crippen MR) is 76.8 cm³/mol. The summed E-state index contributed by atoms with van der Waals surface area (Å²) >= 11 is 0. The van der Waals surface area contributed by atoms with Crippen molar-refractivity contribution in [1.29, 1.82) is 0 Å². The van der Waals surface area contributed by atoms with Crippen LogP contribution in [0.1, 0.15) is 32.3 Å². The molecule has 2 N–H and O–H groups in total. The van der Waals surface area contributed by atoms with Crippen LogP contribution in [0.3, 0.4) is 0 Å². The van der Waals surface area contributed by atoms with Gasteiger partial charge in [-0.05, 0) is 31.0 Å². The first-order valence-electron chi connectivity index (χ1n) is 6.86. The molecule has 0 radical (unpaired) electrons. The monoisotopic (exact) mass is 281 g/mol. The number of benzene rings is 1. The summed E-state index contributed by atoms with van der Waals surface area (Å²) in [5, 5.41) is 0. The first kappa shape index (κ1) is 16.3. The van der Waals surface area contributed by atoms with Crippen molar-refractivity contribution in [2.45, 2.75) is 39.3 Å². The van der Waals surface area contributed by atoms with E-state index in [1.54, 1.807) is 20.1 Å². The Kier molecular flexibility index (Phi) is 6.87. The van der Waals surface area contributed by atoms with Crippen molar-refractivity contribution in [2.24, 2.45) is 5.73 Å². The van der Waals surface area contributed by atoms with Gasteiger partial charge in [-0.2, -0.15) is 0 Å². The van der Waals surface area contributed by atoms with Gasteiger partial charge in [-0.3, -0.25) is 0 Å². The van der Waals surface area contributed by atoms with Gasteiger partial charge in [0.2, 0.25) is 0 Å². The van der Waals surface area contributed by atoms with Crippen molar-refractivity contribution in [1.82, 2.24) is 0 Å². The Bertz CT molecular complexity index is 434. The largest absolute Gasteiger partial charge is 0.493 e. The smallest absolute Gasteiger partial charge is 0.347 e. The van der Waals surface area contributed by atoms with Crippen LogP contribution in [0.5, 0.6) is 11.5 Å². The van der Waals surface area contributed by atoms with Gasteiger partial charge in [-0.25, -0.2) is 4.79 Å². The van der Waals surface area contributed by atoms with Gasteiger partial charge in [-0.1, -0.05) is 19.4 Å². The highest BCUT2D eigenvalue weighted by molar-refractivity contribution is 5.75. The number of hydrogen-bond acceptors (Lipinski definition) is 5. The molecule has 0 saturated carbocycles. The van der Waals surface area contributed by atoms with E-state index in [1.165, 1.54) is 0 Å². The Hall–Kier alpha value is -1.75. The van der Waals surface area contributed by atoms with Gasteiger partial charge in [0.05, 0.1) is 13.7 Å². The molecular weight excluding hydrogens is 258 g/mol. The quantitative estimate of drug-likeness (QED) is 0.740. The first-order chi connectivity index (χ1) is 9.65. The van der Waals surface area contributed by atoms with Crippen molar-refractivity contribution in [3.63, 3.8) is 0 Å². The van der Waals surface area contributed by atoms with Crippen LogP contribution in [-0.4, -0.2) is 25.8 Å². The summed E-state index contributed by atoms with van der Waals surface area (Å²) in [5.41, 5.74) is 6.53. The fourth-order valence-electron chi connectivity index (χ4n) is 1.81. The Morgan fingerprint density at radius 3 is 2.60 bits per heavy atom. The molecule has 1 aromatic carbocycles. The molecular formula is C15H23NO4. The maximum absolute atomic E-state index is 11.9. The molecule has 0 aromatic heterocycles. The topological polar surface area (TPSA) is 70.8 Å². The third-order valence-electron chi connectivity index (χ3n) is 2.83. The Labute approximate surface area is 120 Å². The van der Waals surface area contributed by atoms with E-state index < -0.39 is 6.10 Å². The molecule has 1 aromatic rings. The van der Waals surface area contributed by atoms with Gasteiger partial charge >= 0.3 is 5.97 Å². The highest BCUT2D eigenvalue weighted by atomic mass is 16.6. The zero-order chi connectivity index (χ0) is 15.0. The lowest BCUT2D eigenvalue weighted by atomic mass is 10.2. The Balaban J connectivity index is 2.89. The lowest BCUT2D eigenvalue weighted by Crippen LogP contribution is -2.29. The van der Waals surface area contributed by atoms with E-state index in [1.807, 2.05) is 19.1 Å². The Morgan fingerprint density at radius 2 is 2.05 bits per heavy atom. The number of carbonyl (C=O) groups is 1.